The van der Waals surface area contributed by atoms with E-state index in [0.29, 0.717) is 12.5 Å². The summed E-state index contributed by atoms with van der Waals surface area (Å²) in [6.07, 6.45) is 0. The number of aliphatic imine (C=N–C) groups is 1. The van der Waals surface area contributed by atoms with Crippen LogP contribution in [-0.2, 0) is 6.54 Å². The fraction of sp³-hybridized carbons (Fsp3) is 0.667. The monoisotopic (exact) mass is 375 g/mol. The molecule has 1 heterocycles. The maximum absolute atomic E-state index is 5.49. The Morgan fingerprint density at radius 2 is 1.96 bits per heavy atom. The average molecular weight is 376 g/mol. The second-order valence-corrected chi connectivity index (χ2v) is 7.60. The summed E-state index contributed by atoms with van der Waals surface area (Å²) in [6, 6.07) is 6.26. The first-order chi connectivity index (χ1) is 13.0. The van der Waals surface area contributed by atoms with Crippen molar-refractivity contribution in [1.82, 2.24) is 20.4 Å². The van der Waals surface area contributed by atoms with Gasteiger partial charge in [-0.3, -0.25) is 0 Å². The number of rotatable bonds is 8. The van der Waals surface area contributed by atoms with Gasteiger partial charge >= 0.3 is 0 Å². The van der Waals surface area contributed by atoms with Crippen LogP contribution in [0.15, 0.2) is 23.2 Å². The van der Waals surface area contributed by atoms with Crippen LogP contribution < -0.4 is 15.4 Å². The number of methoxy groups -OCH3 is 1. The number of nitrogens with zero attached hydrogens (tertiary/aromatic N) is 3. The maximum atomic E-state index is 5.49. The second kappa shape index (κ2) is 11.1. The van der Waals surface area contributed by atoms with Gasteiger partial charge in [0, 0.05) is 51.4 Å². The fourth-order valence-electron chi connectivity index (χ4n) is 3.30. The molecular weight excluding hydrogens is 338 g/mol. The molecule has 1 aliphatic rings. The third-order valence-electron chi connectivity index (χ3n) is 4.98. The lowest BCUT2D eigenvalue weighted by molar-refractivity contribution is 0.139. The van der Waals surface area contributed by atoms with Crippen molar-refractivity contribution in [3.63, 3.8) is 0 Å². The number of likely N-dealkylation sites (N-methyl/N-ethyl adjacent to an activating group) is 1. The van der Waals surface area contributed by atoms with E-state index in [2.05, 4.69) is 66.5 Å². The molecule has 2 N–H and O–H groups in total. The van der Waals surface area contributed by atoms with Crippen LogP contribution in [0, 0.1) is 12.8 Å². The highest BCUT2D eigenvalue weighted by Crippen LogP contribution is 2.20. The van der Waals surface area contributed by atoms with Crippen LogP contribution >= 0.6 is 0 Å². The first kappa shape index (κ1) is 21.5. The van der Waals surface area contributed by atoms with Gasteiger partial charge in [0.2, 0.25) is 0 Å². The summed E-state index contributed by atoms with van der Waals surface area (Å²) >= 11 is 0. The highest BCUT2D eigenvalue weighted by molar-refractivity contribution is 5.79. The predicted molar refractivity (Wildman–Crippen MR) is 114 cm³/mol. The fourth-order valence-corrected chi connectivity index (χ4v) is 3.30. The number of aryl methyl sites for hydroxylation is 1. The molecule has 0 aromatic heterocycles. The lowest BCUT2D eigenvalue weighted by Crippen LogP contribution is -2.47. The van der Waals surface area contributed by atoms with Crippen LogP contribution in [0.5, 0.6) is 5.75 Å². The van der Waals surface area contributed by atoms with Crippen molar-refractivity contribution in [3.05, 3.63) is 29.3 Å². The Bertz CT molecular complexity index is 596. The molecule has 152 valence electrons. The molecule has 1 atom stereocenters. The first-order valence-electron chi connectivity index (χ1n) is 10.1. The molecule has 0 saturated carbocycles. The van der Waals surface area contributed by atoms with Crippen molar-refractivity contribution in [1.29, 1.82) is 0 Å². The van der Waals surface area contributed by atoms with Gasteiger partial charge in [-0.2, -0.15) is 0 Å². The molecular formula is C21H37N5O. The SMILES string of the molecule is CCNC(=NCc1ccc(C)cc1OC)NCC(C)CN1CCN(C)CC1. The topological polar surface area (TPSA) is 52.1 Å². The molecule has 0 spiro atoms. The number of ether oxygens (including phenoxy) is 1. The summed E-state index contributed by atoms with van der Waals surface area (Å²) in [6.45, 7) is 14.7. The Hall–Kier alpha value is -1.79. The van der Waals surface area contributed by atoms with E-state index >= 15 is 0 Å². The number of hydrogen-bond donors (Lipinski definition) is 2. The lowest BCUT2D eigenvalue weighted by atomic mass is 10.1. The second-order valence-electron chi connectivity index (χ2n) is 7.60. The van der Waals surface area contributed by atoms with Crippen molar-refractivity contribution in [2.45, 2.75) is 27.3 Å². The molecule has 2 rings (SSSR count). The zero-order valence-corrected chi connectivity index (χ0v) is 17.7. The van der Waals surface area contributed by atoms with Gasteiger partial charge in [0.05, 0.1) is 13.7 Å². The summed E-state index contributed by atoms with van der Waals surface area (Å²) < 4.78 is 5.49. The van der Waals surface area contributed by atoms with Crippen LogP contribution in [-0.4, -0.2) is 75.7 Å². The molecule has 27 heavy (non-hydrogen) atoms. The zero-order valence-electron chi connectivity index (χ0n) is 17.7. The van der Waals surface area contributed by atoms with E-state index < -0.39 is 0 Å². The van der Waals surface area contributed by atoms with Gasteiger partial charge in [-0.15, -0.1) is 0 Å². The summed E-state index contributed by atoms with van der Waals surface area (Å²) in [5.41, 5.74) is 2.30. The number of guanidine groups is 1. The molecule has 6 heteroatoms. The molecule has 0 bridgehead atoms. The summed E-state index contributed by atoms with van der Waals surface area (Å²) in [7, 11) is 3.91. The summed E-state index contributed by atoms with van der Waals surface area (Å²) in [5, 5.41) is 6.84. The van der Waals surface area contributed by atoms with Gasteiger partial charge in [0.15, 0.2) is 5.96 Å². The van der Waals surface area contributed by atoms with E-state index in [1.807, 2.05) is 0 Å². The number of piperazine rings is 1. The Morgan fingerprint density at radius 1 is 1.22 bits per heavy atom. The minimum absolute atomic E-state index is 0.575. The lowest BCUT2D eigenvalue weighted by Gasteiger charge is -2.34. The minimum Gasteiger partial charge on any atom is -0.496 e. The quantitative estimate of drug-likeness (QED) is 0.537. The average Bonchev–Trinajstić information content (AvgIpc) is 2.66. The number of hydrogen-bond acceptors (Lipinski definition) is 4. The van der Waals surface area contributed by atoms with Crippen LogP contribution in [0.25, 0.3) is 0 Å². The van der Waals surface area contributed by atoms with Crippen molar-refractivity contribution < 1.29 is 4.74 Å². The Balaban J connectivity index is 1.86. The molecule has 1 aromatic rings. The Kier molecular flexibility index (Phi) is 8.88. The highest BCUT2D eigenvalue weighted by Gasteiger charge is 2.16. The maximum Gasteiger partial charge on any atom is 0.191 e. The predicted octanol–water partition coefficient (Wildman–Crippen LogP) is 1.94. The van der Waals surface area contributed by atoms with Crippen molar-refractivity contribution in [3.8, 4) is 5.75 Å². The van der Waals surface area contributed by atoms with Crippen LogP contribution in [0.3, 0.4) is 0 Å². The number of nitrogens with one attached hydrogen (secondary N) is 2. The van der Waals surface area contributed by atoms with E-state index in [4.69, 9.17) is 9.73 Å². The number of benzene rings is 1. The molecule has 1 aromatic carbocycles. The van der Waals surface area contributed by atoms with E-state index in [0.717, 1.165) is 36.9 Å². The van der Waals surface area contributed by atoms with Gasteiger partial charge in [-0.25, -0.2) is 4.99 Å². The smallest absolute Gasteiger partial charge is 0.191 e. The van der Waals surface area contributed by atoms with Crippen LogP contribution in [0.2, 0.25) is 0 Å². The third-order valence-corrected chi connectivity index (χ3v) is 4.98. The molecule has 1 fully saturated rings. The summed E-state index contributed by atoms with van der Waals surface area (Å²) in [4.78, 5) is 9.71. The van der Waals surface area contributed by atoms with Gasteiger partial charge in [-0.05, 0) is 38.4 Å². The van der Waals surface area contributed by atoms with Crippen molar-refractivity contribution in [2.24, 2.45) is 10.9 Å². The van der Waals surface area contributed by atoms with E-state index in [1.165, 1.54) is 31.7 Å². The minimum atomic E-state index is 0.575. The molecule has 0 amide bonds. The molecule has 1 saturated heterocycles. The van der Waals surface area contributed by atoms with Crippen LogP contribution in [0.1, 0.15) is 25.0 Å². The van der Waals surface area contributed by atoms with Gasteiger partial charge in [-0.1, -0.05) is 19.1 Å². The molecule has 0 aliphatic carbocycles. The Labute approximate surface area is 165 Å². The molecule has 1 unspecified atom stereocenters. The van der Waals surface area contributed by atoms with Crippen LogP contribution in [0.4, 0.5) is 0 Å². The van der Waals surface area contributed by atoms with Gasteiger partial charge in [0.1, 0.15) is 5.75 Å². The van der Waals surface area contributed by atoms with Gasteiger partial charge in [0.25, 0.3) is 0 Å². The first-order valence-corrected chi connectivity index (χ1v) is 10.1. The zero-order chi connectivity index (χ0) is 19.6. The van der Waals surface area contributed by atoms with E-state index in [1.54, 1.807) is 7.11 Å². The third kappa shape index (κ3) is 7.39. The Morgan fingerprint density at radius 3 is 2.63 bits per heavy atom. The van der Waals surface area contributed by atoms with E-state index in [9.17, 15) is 0 Å². The largest absolute Gasteiger partial charge is 0.496 e. The van der Waals surface area contributed by atoms with Crippen molar-refractivity contribution in [2.75, 3.05) is 60.0 Å². The highest BCUT2D eigenvalue weighted by atomic mass is 16.5. The summed E-state index contributed by atoms with van der Waals surface area (Å²) in [5.74, 6) is 2.34. The van der Waals surface area contributed by atoms with Crippen molar-refractivity contribution >= 4 is 5.96 Å². The molecule has 6 nitrogen and oxygen atoms in total. The molecule has 1 aliphatic heterocycles. The normalized spacial score (nSPS) is 17.6. The van der Waals surface area contributed by atoms with Gasteiger partial charge < -0.3 is 25.2 Å². The molecule has 0 radical (unpaired) electrons. The van der Waals surface area contributed by atoms with E-state index in [-0.39, 0.29) is 0 Å². The standard InChI is InChI=1S/C21H37N5O/c1-6-22-21(24-15-19-8-7-17(2)13-20(19)27-5)23-14-18(3)16-26-11-9-25(4)10-12-26/h7-8,13,18H,6,9-12,14-16H2,1-5H3,(H2,22,23,24).